The average molecular weight is 193 g/mol. The van der Waals surface area contributed by atoms with Crippen molar-refractivity contribution < 1.29 is 4.39 Å². The van der Waals surface area contributed by atoms with Crippen molar-refractivity contribution in [2.45, 2.75) is 19.6 Å². The minimum atomic E-state index is -1.65. The fourth-order valence-corrected chi connectivity index (χ4v) is 2.56. The Labute approximate surface area is 78.8 Å². The van der Waals surface area contributed by atoms with Crippen LogP contribution in [0.3, 0.4) is 0 Å². The van der Waals surface area contributed by atoms with Gasteiger partial charge in [0.2, 0.25) is 0 Å². The van der Waals surface area contributed by atoms with Crippen LogP contribution in [0.25, 0.3) is 0 Å². The minimum Gasteiger partial charge on any atom is -0.207 e. The molecule has 0 N–H and O–H groups in total. The summed E-state index contributed by atoms with van der Waals surface area (Å²) >= 11 is 0. The first kappa shape index (κ1) is 9.94. The normalized spacial score (nSPS) is 11.0. The number of nitriles is 1. The molecule has 0 fully saturated rings. The molecule has 0 radical (unpaired) electrons. The van der Waals surface area contributed by atoms with Crippen LogP contribution in [0.5, 0.6) is 0 Å². The summed E-state index contributed by atoms with van der Waals surface area (Å²) in [5.74, 6) is -0.182. The molecule has 0 atom stereocenters. The molecule has 1 aromatic carbocycles. The van der Waals surface area contributed by atoms with Gasteiger partial charge in [-0.15, -0.1) is 0 Å². The topological polar surface area (TPSA) is 23.8 Å². The van der Waals surface area contributed by atoms with Gasteiger partial charge in [0.25, 0.3) is 0 Å². The van der Waals surface area contributed by atoms with Crippen LogP contribution in [0, 0.1) is 17.1 Å². The summed E-state index contributed by atoms with van der Waals surface area (Å²) in [6.45, 7) is 6.19. The van der Waals surface area contributed by atoms with E-state index >= 15 is 0 Å². The molecule has 68 valence electrons. The Bertz CT molecular complexity index is 360. The van der Waals surface area contributed by atoms with Gasteiger partial charge in [-0.1, -0.05) is 19.6 Å². The van der Waals surface area contributed by atoms with Crippen molar-refractivity contribution >= 4 is 13.3 Å². The van der Waals surface area contributed by atoms with Crippen LogP contribution < -0.4 is 5.19 Å². The maximum atomic E-state index is 13.3. The first-order chi connectivity index (χ1) is 5.95. The highest BCUT2D eigenvalue weighted by Gasteiger charge is 2.20. The molecule has 0 spiro atoms. The first-order valence-corrected chi connectivity index (χ1v) is 7.65. The summed E-state index contributed by atoms with van der Waals surface area (Å²) in [5, 5.41) is 9.39. The Morgan fingerprint density at radius 2 is 1.92 bits per heavy atom. The lowest BCUT2D eigenvalue weighted by atomic mass is 10.2. The lowest BCUT2D eigenvalue weighted by molar-refractivity contribution is 0.635. The summed E-state index contributed by atoms with van der Waals surface area (Å²) in [5.41, 5.74) is 0.541. The van der Waals surface area contributed by atoms with Crippen LogP contribution in [0.2, 0.25) is 19.6 Å². The van der Waals surface area contributed by atoms with Crippen molar-refractivity contribution in [3.05, 3.63) is 29.6 Å². The Morgan fingerprint density at radius 1 is 1.31 bits per heavy atom. The number of hydrogen-bond donors (Lipinski definition) is 0. The van der Waals surface area contributed by atoms with E-state index in [9.17, 15) is 4.39 Å². The molecule has 0 aliphatic heterocycles. The zero-order valence-electron chi connectivity index (χ0n) is 8.06. The first-order valence-electron chi connectivity index (χ1n) is 4.15. The number of hydrogen-bond acceptors (Lipinski definition) is 1. The molecule has 3 heteroatoms. The summed E-state index contributed by atoms with van der Waals surface area (Å²) in [6, 6.07) is 6.58. The van der Waals surface area contributed by atoms with Crippen molar-refractivity contribution in [3.63, 3.8) is 0 Å². The lowest BCUT2D eigenvalue weighted by Gasteiger charge is -2.17. The molecule has 0 saturated heterocycles. The van der Waals surface area contributed by atoms with Crippen LogP contribution in [0.4, 0.5) is 4.39 Å². The summed E-state index contributed by atoms with van der Waals surface area (Å²) in [4.78, 5) is 0. The Kier molecular flexibility index (Phi) is 2.53. The van der Waals surface area contributed by atoms with E-state index < -0.39 is 8.07 Å². The number of halogens is 1. The number of benzene rings is 1. The van der Waals surface area contributed by atoms with Crippen LogP contribution >= 0.6 is 0 Å². The van der Waals surface area contributed by atoms with Gasteiger partial charge in [0.1, 0.15) is 5.82 Å². The maximum Gasteiger partial charge on any atom is 0.122 e. The van der Waals surface area contributed by atoms with Gasteiger partial charge in [0.05, 0.1) is 19.7 Å². The van der Waals surface area contributed by atoms with Crippen LogP contribution in [-0.2, 0) is 0 Å². The molecule has 0 aliphatic rings. The highest BCUT2D eigenvalue weighted by molar-refractivity contribution is 6.88. The monoisotopic (exact) mass is 193 g/mol. The molecule has 0 saturated carbocycles. The van der Waals surface area contributed by atoms with Crippen molar-refractivity contribution in [2.75, 3.05) is 0 Å². The molecule has 1 nitrogen and oxygen atoms in total. The molecule has 1 aromatic rings. The Hall–Kier alpha value is -1.14. The third kappa shape index (κ3) is 2.16. The fourth-order valence-electron chi connectivity index (χ4n) is 1.17. The average Bonchev–Trinajstić information content (AvgIpc) is 2.03. The lowest BCUT2D eigenvalue weighted by Crippen LogP contribution is -2.40. The van der Waals surface area contributed by atoms with Gasteiger partial charge >= 0.3 is 0 Å². The molecular weight excluding hydrogens is 181 g/mol. The standard InChI is InChI=1S/C10H12FNSi/c1-13(2,3)10-6-8(7-12)4-5-9(10)11/h4-6H,1-3H3. The van der Waals surface area contributed by atoms with E-state index in [0.29, 0.717) is 5.56 Å². The largest absolute Gasteiger partial charge is 0.207 e. The fraction of sp³-hybridized carbons (Fsp3) is 0.300. The highest BCUT2D eigenvalue weighted by Crippen LogP contribution is 2.08. The van der Waals surface area contributed by atoms with Gasteiger partial charge in [-0.3, -0.25) is 0 Å². The van der Waals surface area contributed by atoms with Gasteiger partial charge in [-0.2, -0.15) is 5.26 Å². The second kappa shape index (κ2) is 3.31. The van der Waals surface area contributed by atoms with E-state index in [2.05, 4.69) is 19.6 Å². The summed E-state index contributed by atoms with van der Waals surface area (Å²) in [6.07, 6.45) is 0. The molecule has 1 rings (SSSR count). The zero-order valence-corrected chi connectivity index (χ0v) is 9.06. The minimum absolute atomic E-state index is 0.182. The predicted molar refractivity (Wildman–Crippen MR) is 54.1 cm³/mol. The van der Waals surface area contributed by atoms with E-state index in [4.69, 9.17) is 5.26 Å². The Morgan fingerprint density at radius 3 is 2.38 bits per heavy atom. The van der Waals surface area contributed by atoms with E-state index in [-0.39, 0.29) is 5.82 Å². The molecule has 0 aliphatic carbocycles. The second-order valence-corrected chi connectivity index (χ2v) is 9.10. The molecule has 0 aromatic heterocycles. The maximum absolute atomic E-state index is 13.3. The van der Waals surface area contributed by atoms with Crippen molar-refractivity contribution in [3.8, 4) is 6.07 Å². The quantitative estimate of drug-likeness (QED) is 0.627. The third-order valence-electron chi connectivity index (χ3n) is 1.90. The van der Waals surface area contributed by atoms with Crippen LogP contribution in [-0.4, -0.2) is 8.07 Å². The van der Waals surface area contributed by atoms with E-state index in [1.807, 2.05) is 6.07 Å². The van der Waals surface area contributed by atoms with Crippen LogP contribution in [0.15, 0.2) is 18.2 Å². The van der Waals surface area contributed by atoms with E-state index in [1.54, 1.807) is 6.07 Å². The molecule has 13 heavy (non-hydrogen) atoms. The molecule has 0 amide bonds. The molecule has 0 heterocycles. The van der Waals surface area contributed by atoms with Crippen molar-refractivity contribution in [1.82, 2.24) is 0 Å². The van der Waals surface area contributed by atoms with E-state index in [0.717, 1.165) is 5.19 Å². The second-order valence-electron chi connectivity index (χ2n) is 4.06. The highest BCUT2D eigenvalue weighted by atomic mass is 28.3. The molecule has 0 bridgehead atoms. The van der Waals surface area contributed by atoms with Crippen molar-refractivity contribution in [2.24, 2.45) is 0 Å². The number of nitrogens with zero attached hydrogens (tertiary/aromatic N) is 1. The van der Waals surface area contributed by atoms with Crippen molar-refractivity contribution in [1.29, 1.82) is 5.26 Å². The zero-order chi connectivity index (χ0) is 10.1. The van der Waals surface area contributed by atoms with Gasteiger partial charge < -0.3 is 0 Å². The van der Waals surface area contributed by atoms with Gasteiger partial charge in [0.15, 0.2) is 0 Å². The van der Waals surface area contributed by atoms with Gasteiger partial charge in [-0.25, -0.2) is 4.39 Å². The smallest absolute Gasteiger partial charge is 0.122 e. The van der Waals surface area contributed by atoms with Gasteiger partial charge in [-0.05, 0) is 23.4 Å². The molecular formula is C10H12FNSi. The SMILES string of the molecule is C[Si](C)(C)c1cc(C#N)ccc1F. The predicted octanol–water partition coefficient (Wildman–Crippen LogP) is 2.24. The Balaban J connectivity index is 3.29. The van der Waals surface area contributed by atoms with Gasteiger partial charge in [0, 0.05) is 0 Å². The summed E-state index contributed by atoms with van der Waals surface area (Å²) in [7, 11) is -1.65. The molecule has 0 unspecified atom stereocenters. The van der Waals surface area contributed by atoms with E-state index in [1.165, 1.54) is 12.1 Å². The van der Waals surface area contributed by atoms with Crippen LogP contribution in [0.1, 0.15) is 5.56 Å². The number of rotatable bonds is 1. The third-order valence-corrected chi connectivity index (χ3v) is 3.90. The summed E-state index contributed by atoms with van der Waals surface area (Å²) < 4.78 is 13.3.